The van der Waals surface area contributed by atoms with Crippen molar-refractivity contribution in [2.45, 2.75) is 150 Å². The lowest BCUT2D eigenvalue weighted by Gasteiger charge is -2.63. The van der Waals surface area contributed by atoms with Crippen LogP contribution in [0.2, 0.25) is 10.6 Å². The topological polar surface area (TPSA) is 54.5 Å². The van der Waals surface area contributed by atoms with Crippen molar-refractivity contribution < 1.29 is 9.22 Å². The van der Waals surface area contributed by atoms with E-state index in [1.165, 1.54) is 38.5 Å². The van der Waals surface area contributed by atoms with Crippen LogP contribution in [0.4, 0.5) is 0 Å². The fourth-order valence-corrected chi connectivity index (χ4v) is 13.7. The molecule has 4 aliphatic rings. The lowest BCUT2D eigenvalue weighted by Crippen LogP contribution is -2.58. The standard InChI is InChI=1S/C40H66N3O2Si/c1-28(2)46(38(4,5)6)45-36-19-22-40(9)34-16-13-29(3)32(33(34)14-17-35(40)39(36,7)8)15-18-37(44)42-26-30-20-24-43(25-21-30)27-31-12-10-11-23-41-31/h10-12,23,28,30,33-36H,13-22,24-27H2,1-9H3,(H,42,44)/t33?,34?,35?,36-,40+/m0/s1. The number of carbonyl (C=O) groups excluding carboxylic acids is 1. The third-order valence-electron chi connectivity index (χ3n) is 13.0. The largest absolute Gasteiger partial charge is 0.412 e. The SMILES string of the molecule is CC1=C(CCC(=O)NCC2CCN(Cc3ccccn3)CC2)C2CCC3C(C)(C)[C@@H](O[Si](C(C)C)C(C)(C)C)CC[C@]3(C)C2CC1. The molecule has 46 heavy (non-hydrogen) atoms. The van der Waals surface area contributed by atoms with Crippen molar-refractivity contribution in [3.63, 3.8) is 0 Å². The molecular formula is C40H66N3O2Si. The fourth-order valence-electron chi connectivity index (χ4n) is 10.6. The van der Waals surface area contributed by atoms with Gasteiger partial charge in [0.25, 0.3) is 0 Å². The normalized spacial score (nSPS) is 30.8. The van der Waals surface area contributed by atoms with Crippen molar-refractivity contribution >= 4 is 14.9 Å². The third-order valence-corrected chi connectivity index (χ3v) is 16.0. The number of nitrogens with one attached hydrogen (secondary N) is 1. The van der Waals surface area contributed by atoms with Crippen LogP contribution < -0.4 is 5.32 Å². The summed E-state index contributed by atoms with van der Waals surface area (Å²) in [6.45, 7) is 26.0. The zero-order valence-corrected chi connectivity index (χ0v) is 31.9. The number of rotatable bonds is 10. The van der Waals surface area contributed by atoms with Gasteiger partial charge in [-0.3, -0.25) is 14.7 Å². The van der Waals surface area contributed by atoms with Gasteiger partial charge in [0.05, 0.1) is 11.8 Å². The van der Waals surface area contributed by atoms with Crippen LogP contribution in [0.5, 0.6) is 0 Å². The van der Waals surface area contributed by atoms with Crippen LogP contribution >= 0.6 is 0 Å². The van der Waals surface area contributed by atoms with E-state index in [4.69, 9.17) is 4.43 Å². The highest BCUT2D eigenvalue weighted by molar-refractivity contribution is 6.56. The molecule has 0 spiro atoms. The van der Waals surface area contributed by atoms with Crippen LogP contribution in [0.15, 0.2) is 35.5 Å². The molecule has 2 heterocycles. The fraction of sp³-hybridized carbons (Fsp3) is 0.800. The van der Waals surface area contributed by atoms with Gasteiger partial charge in [-0.05, 0) is 135 Å². The molecule has 1 aromatic rings. The summed E-state index contributed by atoms with van der Waals surface area (Å²) in [6, 6.07) is 6.16. The molecule has 2 saturated carbocycles. The van der Waals surface area contributed by atoms with E-state index in [1.807, 2.05) is 12.3 Å². The average molecular weight is 649 g/mol. The van der Waals surface area contributed by atoms with Gasteiger partial charge in [-0.2, -0.15) is 0 Å². The number of nitrogens with zero attached hydrogens (tertiary/aromatic N) is 2. The Hall–Kier alpha value is -1.50. The van der Waals surface area contributed by atoms with Crippen molar-refractivity contribution in [3.8, 4) is 0 Å². The summed E-state index contributed by atoms with van der Waals surface area (Å²) in [5.74, 6) is 2.93. The summed E-state index contributed by atoms with van der Waals surface area (Å²) in [5.41, 5.74) is 5.54. The van der Waals surface area contributed by atoms with Crippen molar-refractivity contribution in [3.05, 3.63) is 41.2 Å². The first kappa shape index (κ1) is 35.8. The number of pyridine rings is 1. The number of aromatic nitrogens is 1. The van der Waals surface area contributed by atoms with Crippen LogP contribution in [0.1, 0.15) is 132 Å². The van der Waals surface area contributed by atoms with E-state index in [1.54, 1.807) is 11.1 Å². The highest BCUT2D eigenvalue weighted by Gasteiger charge is 2.59. The van der Waals surface area contributed by atoms with Gasteiger partial charge in [-0.25, -0.2) is 0 Å². The first-order chi connectivity index (χ1) is 21.7. The van der Waals surface area contributed by atoms with E-state index in [2.05, 4.69) is 89.6 Å². The molecule has 3 aliphatic carbocycles. The van der Waals surface area contributed by atoms with Crippen LogP contribution in [-0.4, -0.2) is 50.6 Å². The van der Waals surface area contributed by atoms with Gasteiger partial charge in [-0.1, -0.05) is 72.6 Å². The highest BCUT2D eigenvalue weighted by Crippen LogP contribution is 2.65. The summed E-state index contributed by atoms with van der Waals surface area (Å²) in [5, 5.41) is 3.59. The second-order valence-corrected chi connectivity index (χ2v) is 21.4. The molecule has 5 atom stereocenters. The lowest BCUT2D eigenvalue weighted by atomic mass is 9.43. The summed E-state index contributed by atoms with van der Waals surface area (Å²) < 4.78 is 7.20. The minimum absolute atomic E-state index is 0.193. The molecule has 1 saturated heterocycles. The van der Waals surface area contributed by atoms with Gasteiger partial charge >= 0.3 is 0 Å². The van der Waals surface area contributed by atoms with Gasteiger partial charge < -0.3 is 9.74 Å². The van der Waals surface area contributed by atoms with Gasteiger partial charge in [0, 0.05) is 25.7 Å². The summed E-state index contributed by atoms with van der Waals surface area (Å²) in [6.07, 6.45) is 13.7. The molecule has 6 heteroatoms. The number of likely N-dealkylation sites (tertiary alicyclic amines) is 1. The van der Waals surface area contributed by atoms with E-state index < -0.39 is 9.04 Å². The van der Waals surface area contributed by atoms with Gasteiger partial charge in [0.2, 0.25) is 14.9 Å². The van der Waals surface area contributed by atoms with Crippen molar-refractivity contribution in [2.24, 2.45) is 34.5 Å². The number of fused-ring (bicyclic) bond motifs is 3. The summed E-state index contributed by atoms with van der Waals surface area (Å²) in [4.78, 5) is 20.1. The first-order valence-corrected chi connectivity index (χ1v) is 20.3. The number of piperidine rings is 1. The summed E-state index contributed by atoms with van der Waals surface area (Å²) >= 11 is 0. The minimum Gasteiger partial charge on any atom is -0.412 e. The Bertz CT molecular complexity index is 1200. The van der Waals surface area contributed by atoms with E-state index in [9.17, 15) is 4.79 Å². The average Bonchev–Trinajstić information content (AvgIpc) is 2.99. The molecule has 0 bridgehead atoms. The third kappa shape index (κ3) is 7.86. The first-order valence-electron chi connectivity index (χ1n) is 18.8. The Balaban J connectivity index is 1.13. The Morgan fingerprint density at radius 1 is 1.09 bits per heavy atom. The molecule has 5 nitrogen and oxygen atoms in total. The molecule has 1 aromatic heterocycles. The van der Waals surface area contributed by atoms with Gasteiger partial charge in [-0.15, -0.1) is 0 Å². The molecule has 5 rings (SSSR count). The number of hydrogen-bond donors (Lipinski definition) is 1. The summed E-state index contributed by atoms with van der Waals surface area (Å²) in [7, 11) is -0.933. The number of allylic oxidation sites excluding steroid dienone is 2. The van der Waals surface area contributed by atoms with Crippen LogP contribution in [0, 0.1) is 34.5 Å². The Morgan fingerprint density at radius 2 is 1.83 bits per heavy atom. The monoisotopic (exact) mass is 648 g/mol. The smallest absolute Gasteiger partial charge is 0.220 e. The van der Waals surface area contributed by atoms with Crippen LogP contribution in [-0.2, 0) is 15.8 Å². The zero-order valence-electron chi connectivity index (χ0n) is 30.9. The molecule has 1 amide bonds. The van der Waals surface area contributed by atoms with E-state index in [-0.39, 0.29) is 16.4 Å². The molecule has 3 unspecified atom stereocenters. The molecule has 1 aliphatic heterocycles. The molecule has 0 aromatic carbocycles. The predicted molar refractivity (Wildman–Crippen MR) is 193 cm³/mol. The second kappa shape index (κ2) is 14.5. The maximum Gasteiger partial charge on any atom is 0.220 e. The maximum absolute atomic E-state index is 13.2. The van der Waals surface area contributed by atoms with Crippen LogP contribution in [0.3, 0.4) is 0 Å². The van der Waals surface area contributed by atoms with E-state index in [0.717, 1.165) is 57.1 Å². The minimum atomic E-state index is -0.933. The van der Waals surface area contributed by atoms with Crippen molar-refractivity contribution in [2.75, 3.05) is 19.6 Å². The van der Waals surface area contributed by atoms with Crippen LogP contribution in [0.25, 0.3) is 0 Å². The van der Waals surface area contributed by atoms with Gasteiger partial charge in [0.1, 0.15) is 0 Å². The molecule has 257 valence electrons. The van der Waals surface area contributed by atoms with Crippen molar-refractivity contribution in [1.29, 1.82) is 0 Å². The highest BCUT2D eigenvalue weighted by atomic mass is 28.3. The zero-order chi connectivity index (χ0) is 33.3. The van der Waals surface area contributed by atoms with Crippen molar-refractivity contribution in [1.82, 2.24) is 15.2 Å². The number of carbonyl (C=O) groups is 1. The number of hydrogen-bond acceptors (Lipinski definition) is 4. The van der Waals surface area contributed by atoms with E-state index in [0.29, 0.717) is 41.2 Å². The quantitative estimate of drug-likeness (QED) is 0.203. The Morgan fingerprint density at radius 3 is 2.48 bits per heavy atom. The lowest BCUT2D eigenvalue weighted by molar-refractivity contribution is -0.144. The number of amides is 1. The predicted octanol–water partition coefficient (Wildman–Crippen LogP) is 9.36. The maximum atomic E-state index is 13.2. The molecular weight excluding hydrogens is 583 g/mol. The molecule has 1 N–H and O–H groups in total. The van der Waals surface area contributed by atoms with Gasteiger partial charge in [0.15, 0.2) is 0 Å². The Kier molecular flexibility index (Phi) is 11.3. The second-order valence-electron chi connectivity index (χ2n) is 17.8. The molecule has 1 radical (unpaired) electrons. The van der Waals surface area contributed by atoms with E-state index >= 15 is 0 Å². The Labute approximate surface area is 283 Å². The molecule has 3 fully saturated rings.